The van der Waals surface area contributed by atoms with Crippen LogP contribution < -0.4 is 0 Å². The van der Waals surface area contributed by atoms with Gasteiger partial charge in [0.15, 0.2) is 0 Å². The fraction of sp³-hybridized carbons (Fsp3) is 0.722. The molecule has 1 aromatic heterocycles. The summed E-state index contributed by atoms with van der Waals surface area (Å²) < 4.78 is 0. The van der Waals surface area contributed by atoms with Gasteiger partial charge in [0.25, 0.3) is 0 Å². The number of carbonyl (C=O) groups is 1. The Morgan fingerprint density at radius 1 is 1.26 bits per heavy atom. The first kappa shape index (κ1) is 16.9. The Morgan fingerprint density at radius 2 is 2.09 bits per heavy atom. The van der Waals surface area contributed by atoms with Crippen LogP contribution in [-0.4, -0.2) is 53.1 Å². The second kappa shape index (κ2) is 8.27. The Bertz CT molecular complexity index is 485. The van der Waals surface area contributed by atoms with Gasteiger partial charge in [-0.15, -0.1) is 11.3 Å². The van der Waals surface area contributed by atoms with E-state index in [-0.39, 0.29) is 18.6 Å². The number of aliphatic hydroxyl groups excluding tert-OH is 1. The fourth-order valence-corrected chi connectivity index (χ4v) is 4.95. The maximum absolute atomic E-state index is 12.9. The number of likely N-dealkylation sites (tertiary alicyclic amines) is 1. The van der Waals surface area contributed by atoms with Crippen molar-refractivity contribution in [3.8, 4) is 0 Å². The van der Waals surface area contributed by atoms with Gasteiger partial charge in [-0.3, -0.25) is 9.69 Å². The van der Waals surface area contributed by atoms with E-state index in [0.29, 0.717) is 19.1 Å². The summed E-state index contributed by atoms with van der Waals surface area (Å²) in [4.78, 5) is 18.5. The molecule has 0 aromatic carbocycles. The van der Waals surface area contributed by atoms with Crippen molar-refractivity contribution in [2.24, 2.45) is 0 Å². The highest BCUT2D eigenvalue weighted by molar-refractivity contribution is 7.10. The monoisotopic (exact) mass is 336 g/mol. The zero-order valence-corrected chi connectivity index (χ0v) is 14.6. The molecule has 1 unspecified atom stereocenters. The first-order valence-corrected chi connectivity index (χ1v) is 9.85. The summed E-state index contributed by atoms with van der Waals surface area (Å²) in [5, 5.41) is 11.5. The third kappa shape index (κ3) is 4.14. The van der Waals surface area contributed by atoms with Gasteiger partial charge in [-0.1, -0.05) is 25.3 Å². The molecule has 1 saturated heterocycles. The quantitative estimate of drug-likeness (QED) is 0.868. The molecule has 1 aromatic rings. The smallest absolute Gasteiger partial charge is 0.237 e. The Kier molecular flexibility index (Phi) is 6.08. The molecule has 1 atom stereocenters. The van der Waals surface area contributed by atoms with Gasteiger partial charge in [-0.2, -0.15) is 0 Å². The van der Waals surface area contributed by atoms with Crippen LogP contribution in [0, 0.1) is 0 Å². The first-order chi connectivity index (χ1) is 11.3. The molecule has 0 radical (unpaired) electrons. The second-order valence-corrected chi connectivity index (χ2v) is 7.73. The lowest BCUT2D eigenvalue weighted by Gasteiger charge is -2.35. The van der Waals surface area contributed by atoms with Crippen LogP contribution in [0.1, 0.15) is 55.9 Å². The van der Waals surface area contributed by atoms with Crippen molar-refractivity contribution < 1.29 is 9.90 Å². The van der Waals surface area contributed by atoms with Crippen molar-refractivity contribution in [2.45, 2.75) is 57.0 Å². The number of hydrogen-bond acceptors (Lipinski definition) is 4. The molecule has 4 nitrogen and oxygen atoms in total. The number of carbonyl (C=O) groups excluding carboxylic acids is 1. The Morgan fingerprint density at radius 3 is 2.78 bits per heavy atom. The predicted molar refractivity (Wildman–Crippen MR) is 93.5 cm³/mol. The standard InChI is InChI=1S/C18H28N2O2S/c21-12-11-19(15-6-2-1-3-7-15)14-18(22)20-10-4-8-16(20)17-9-5-13-23-17/h5,9,13,15-16,21H,1-4,6-8,10-12,14H2. The zero-order valence-electron chi connectivity index (χ0n) is 13.8. The van der Waals surface area contributed by atoms with E-state index >= 15 is 0 Å². The summed E-state index contributed by atoms with van der Waals surface area (Å²) in [6.45, 7) is 2.10. The fourth-order valence-electron chi connectivity index (χ4n) is 4.07. The zero-order chi connectivity index (χ0) is 16.1. The Balaban J connectivity index is 1.63. The van der Waals surface area contributed by atoms with E-state index in [2.05, 4.69) is 27.3 Å². The molecule has 5 heteroatoms. The molecule has 0 spiro atoms. The van der Waals surface area contributed by atoms with E-state index < -0.39 is 0 Å². The van der Waals surface area contributed by atoms with Gasteiger partial charge < -0.3 is 10.0 Å². The van der Waals surface area contributed by atoms with Crippen LogP contribution in [0.3, 0.4) is 0 Å². The minimum atomic E-state index is 0.137. The van der Waals surface area contributed by atoms with Crippen LogP contribution in [0.15, 0.2) is 17.5 Å². The Labute approximate surface area is 143 Å². The summed E-state index contributed by atoms with van der Waals surface area (Å²) in [5.74, 6) is 0.236. The van der Waals surface area contributed by atoms with Crippen LogP contribution in [0.4, 0.5) is 0 Å². The second-order valence-electron chi connectivity index (χ2n) is 6.75. The summed E-state index contributed by atoms with van der Waals surface area (Å²) >= 11 is 1.75. The average molecular weight is 337 g/mol. The van der Waals surface area contributed by atoms with Gasteiger partial charge in [-0.05, 0) is 37.1 Å². The molecule has 2 fully saturated rings. The van der Waals surface area contributed by atoms with Gasteiger partial charge in [0.05, 0.1) is 19.2 Å². The van der Waals surface area contributed by atoms with Gasteiger partial charge in [0.1, 0.15) is 0 Å². The van der Waals surface area contributed by atoms with Crippen molar-refractivity contribution in [2.75, 3.05) is 26.2 Å². The normalized spacial score (nSPS) is 22.9. The van der Waals surface area contributed by atoms with Crippen molar-refractivity contribution >= 4 is 17.2 Å². The van der Waals surface area contributed by atoms with Gasteiger partial charge >= 0.3 is 0 Å². The lowest BCUT2D eigenvalue weighted by atomic mass is 9.94. The van der Waals surface area contributed by atoms with Crippen LogP contribution in [-0.2, 0) is 4.79 Å². The first-order valence-electron chi connectivity index (χ1n) is 8.97. The van der Waals surface area contributed by atoms with E-state index in [1.807, 2.05) is 0 Å². The number of amides is 1. The molecule has 128 valence electrons. The SMILES string of the molecule is O=C(CN(CCO)C1CCCCC1)N1CCCC1c1cccs1. The molecule has 0 bridgehead atoms. The average Bonchev–Trinajstić information content (AvgIpc) is 3.26. The number of nitrogens with zero attached hydrogens (tertiary/aromatic N) is 2. The summed E-state index contributed by atoms with van der Waals surface area (Å²) in [5.41, 5.74) is 0. The minimum absolute atomic E-state index is 0.137. The van der Waals surface area contributed by atoms with Crippen LogP contribution >= 0.6 is 11.3 Å². The maximum atomic E-state index is 12.9. The minimum Gasteiger partial charge on any atom is -0.395 e. The van der Waals surface area contributed by atoms with Crippen molar-refractivity contribution in [1.29, 1.82) is 0 Å². The lowest BCUT2D eigenvalue weighted by molar-refractivity contribution is -0.134. The topological polar surface area (TPSA) is 43.8 Å². The van der Waals surface area contributed by atoms with E-state index in [1.54, 1.807) is 11.3 Å². The largest absolute Gasteiger partial charge is 0.395 e. The summed E-state index contributed by atoms with van der Waals surface area (Å²) in [7, 11) is 0. The molecule has 3 rings (SSSR count). The molecule has 2 heterocycles. The van der Waals surface area contributed by atoms with Gasteiger partial charge in [-0.25, -0.2) is 0 Å². The Hall–Kier alpha value is -0.910. The maximum Gasteiger partial charge on any atom is 0.237 e. The predicted octanol–water partition coefficient (Wildman–Crippen LogP) is 3.04. The van der Waals surface area contributed by atoms with Crippen molar-refractivity contribution in [1.82, 2.24) is 9.80 Å². The summed E-state index contributed by atoms with van der Waals surface area (Å²) in [6, 6.07) is 4.96. The lowest BCUT2D eigenvalue weighted by Crippen LogP contribution is -2.46. The van der Waals surface area contributed by atoms with E-state index in [1.165, 1.54) is 37.0 Å². The number of rotatable bonds is 6. The van der Waals surface area contributed by atoms with Crippen LogP contribution in [0.25, 0.3) is 0 Å². The third-order valence-corrected chi connectivity index (χ3v) is 6.23. The van der Waals surface area contributed by atoms with E-state index in [4.69, 9.17) is 0 Å². The van der Waals surface area contributed by atoms with Crippen molar-refractivity contribution in [3.05, 3.63) is 22.4 Å². The number of thiophene rings is 1. The molecule has 1 amide bonds. The number of aliphatic hydroxyl groups is 1. The van der Waals surface area contributed by atoms with Gasteiger partial charge in [0, 0.05) is 24.0 Å². The van der Waals surface area contributed by atoms with E-state index in [0.717, 1.165) is 19.4 Å². The third-order valence-electron chi connectivity index (χ3n) is 5.26. The van der Waals surface area contributed by atoms with Crippen LogP contribution in [0.5, 0.6) is 0 Å². The molecule has 1 aliphatic carbocycles. The molecule has 1 aliphatic heterocycles. The molecule has 1 saturated carbocycles. The number of hydrogen-bond donors (Lipinski definition) is 1. The highest BCUT2D eigenvalue weighted by Gasteiger charge is 2.32. The van der Waals surface area contributed by atoms with Crippen LogP contribution in [0.2, 0.25) is 0 Å². The molecule has 23 heavy (non-hydrogen) atoms. The molecular weight excluding hydrogens is 308 g/mol. The molecule has 1 N–H and O–H groups in total. The van der Waals surface area contributed by atoms with E-state index in [9.17, 15) is 9.90 Å². The van der Waals surface area contributed by atoms with Crippen molar-refractivity contribution in [3.63, 3.8) is 0 Å². The molecule has 2 aliphatic rings. The molecular formula is C18H28N2O2S. The van der Waals surface area contributed by atoms with Gasteiger partial charge in [0.2, 0.25) is 5.91 Å². The summed E-state index contributed by atoms with van der Waals surface area (Å²) in [6.07, 6.45) is 8.32. The highest BCUT2D eigenvalue weighted by Crippen LogP contribution is 2.34. The highest BCUT2D eigenvalue weighted by atomic mass is 32.1.